The molecule has 2 rings (SSSR count). The van der Waals surface area contributed by atoms with Crippen molar-refractivity contribution < 1.29 is 4.39 Å². The molecule has 1 aromatic heterocycles. The largest absolute Gasteiger partial charge is 0.283 e. The maximum absolute atomic E-state index is 12.9. The van der Waals surface area contributed by atoms with Gasteiger partial charge in [-0.25, -0.2) is 4.39 Å². The summed E-state index contributed by atoms with van der Waals surface area (Å²) in [5, 5.41) is 0.489. The van der Waals surface area contributed by atoms with Gasteiger partial charge >= 0.3 is 0 Å². The van der Waals surface area contributed by atoms with Crippen LogP contribution in [0.25, 0.3) is 5.69 Å². The molecule has 1 heterocycles. The second-order valence-electron chi connectivity index (χ2n) is 4.42. The van der Waals surface area contributed by atoms with Gasteiger partial charge in [0.2, 0.25) is 0 Å². The van der Waals surface area contributed by atoms with Crippen molar-refractivity contribution in [2.24, 2.45) is 0 Å². The van der Waals surface area contributed by atoms with E-state index >= 15 is 0 Å². The van der Waals surface area contributed by atoms with Crippen LogP contribution in [0.5, 0.6) is 0 Å². The summed E-state index contributed by atoms with van der Waals surface area (Å²) in [7, 11) is 0. The van der Waals surface area contributed by atoms with Crippen molar-refractivity contribution in [2.75, 3.05) is 0 Å². The third kappa shape index (κ3) is 2.46. The first-order chi connectivity index (χ1) is 8.49. The van der Waals surface area contributed by atoms with Crippen molar-refractivity contribution in [1.82, 2.24) is 4.57 Å². The lowest BCUT2D eigenvalue weighted by Crippen LogP contribution is -2.22. The van der Waals surface area contributed by atoms with E-state index in [-0.39, 0.29) is 17.3 Å². The van der Waals surface area contributed by atoms with Crippen LogP contribution in [-0.4, -0.2) is 4.57 Å². The summed E-state index contributed by atoms with van der Waals surface area (Å²) in [6.07, 6.45) is 1.54. The minimum absolute atomic E-state index is 0.0860. The van der Waals surface area contributed by atoms with Gasteiger partial charge in [0.1, 0.15) is 5.82 Å². The highest BCUT2D eigenvalue weighted by Crippen LogP contribution is 2.17. The van der Waals surface area contributed by atoms with Crippen LogP contribution in [0.1, 0.15) is 25.3 Å². The van der Waals surface area contributed by atoms with Crippen LogP contribution in [0, 0.1) is 5.82 Å². The smallest absolute Gasteiger partial charge is 0.258 e. The fourth-order valence-electron chi connectivity index (χ4n) is 1.78. The molecule has 0 saturated heterocycles. The molecule has 18 heavy (non-hydrogen) atoms. The van der Waals surface area contributed by atoms with E-state index in [1.165, 1.54) is 16.7 Å². The molecular formula is C14H13ClFNO. The molecule has 0 atom stereocenters. The summed E-state index contributed by atoms with van der Waals surface area (Å²) >= 11 is 6.01. The van der Waals surface area contributed by atoms with Crippen LogP contribution in [0.15, 0.2) is 41.3 Å². The highest BCUT2D eigenvalue weighted by molar-refractivity contribution is 6.30. The van der Waals surface area contributed by atoms with Gasteiger partial charge in [0.05, 0.1) is 5.02 Å². The third-order valence-corrected chi connectivity index (χ3v) is 2.95. The number of aromatic nitrogens is 1. The molecule has 4 heteroatoms. The number of hydrogen-bond acceptors (Lipinski definition) is 1. The Balaban J connectivity index is 2.64. The quantitative estimate of drug-likeness (QED) is 0.810. The Labute approximate surface area is 110 Å². The fourth-order valence-corrected chi connectivity index (χ4v) is 1.99. The Morgan fingerprint density at radius 3 is 2.39 bits per heavy atom. The van der Waals surface area contributed by atoms with E-state index in [1.54, 1.807) is 24.4 Å². The Hall–Kier alpha value is -1.61. The van der Waals surface area contributed by atoms with Crippen LogP contribution in [0.2, 0.25) is 5.02 Å². The van der Waals surface area contributed by atoms with Gasteiger partial charge < -0.3 is 0 Å². The molecule has 0 aliphatic heterocycles. The molecule has 1 aromatic carbocycles. The maximum Gasteiger partial charge on any atom is 0.258 e. The lowest BCUT2D eigenvalue weighted by Gasteiger charge is -2.11. The summed E-state index contributed by atoms with van der Waals surface area (Å²) in [5.41, 5.74) is 1.12. The number of rotatable bonds is 2. The van der Waals surface area contributed by atoms with E-state index in [2.05, 4.69) is 0 Å². The minimum atomic E-state index is -0.335. The summed E-state index contributed by atoms with van der Waals surface area (Å²) in [6, 6.07) is 7.42. The van der Waals surface area contributed by atoms with E-state index in [0.29, 0.717) is 16.3 Å². The zero-order valence-electron chi connectivity index (χ0n) is 10.2. The van der Waals surface area contributed by atoms with Crippen molar-refractivity contribution in [3.63, 3.8) is 0 Å². The molecule has 2 nitrogen and oxygen atoms in total. The Kier molecular flexibility index (Phi) is 3.53. The van der Waals surface area contributed by atoms with Crippen LogP contribution < -0.4 is 5.56 Å². The van der Waals surface area contributed by atoms with Gasteiger partial charge in [-0.05, 0) is 36.2 Å². The highest BCUT2D eigenvalue weighted by atomic mass is 35.5. The van der Waals surface area contributed by atoms with Crippen molar-refractivity contribution in [2.45, 2.75) is 19.8 Å². The molecule has 94 valence electrons. The molecular weight excluding hydrogens is 253 g/mol. The maximum atomic E-state index is 12.9. The molecule has 2 aromatic rings. The average Bonchev–Trinajstić information content (AvgIpc) is 2.32. The molecule has 0 unspecified atom stereocenters. The standard InChI is InChI=1S/C14H13ClFNO/c1-9(2)13-7-10(15)8-17(14(13)18)12-5-3-11(16)4-6-12/h3-9H,1-2H3. The minimum Gasteiger partial charge on any atom is -0.283 e. The molecule has 0 N–H and O–H groups in total. The van der Waals surface area contributed by atoms with Crippen molar-refractivity contribution in [1.29, 1.82) is 0 Å². The van der Waals surface area contributed by atoms with Gasteiger partial charge in [-0.1, -0.05) is 25.4 Å². The second kappa shape index (κ2) is 4.94. The number of benzene rings is 1. The van der Waals surface area contributed by atoms with Crippen molar-refractivity contribution in [3.8, 4) is 5.69 Å². The van der Waals surface area contributed by atoms with E-state index in [1.807, 2.05) is 13.8 Å². The molecule has 0 bridgehead atoms. The first-order valence-electron chi connectivity index (χ1n) is 5.67. The first-order valence-corrected chi connectivity index (χ1v) is 6.05. The van der Waals surface area contributed by atoms with Crippen LogP contribution >= 0.6 is 11.6 Å². The highest BCUT2D eigenvalue weighted by Gasteiger charge is 2.10. The van der Waals surface area contributed by atoms with Gasteiger partial charge in [-0.15, -0.1) is 0 Å². The van der Waals surface area contributed by atoms with E-state index in [0.717, 1.165) is 0 Å². The topological polar surface area (TPSA) is 22.0 Å². The first kappa shape index (κ1) is 12.8. The van der Waals surface area contributed by atoms with Crippen LogP contribution in [-0.2, 0) is 0 Å². The number of halogens is 2. The van der Waals surface area contributed by atoms with Gasteiger partial charge in [0, 0.05) is 17.4 Å². The van der Waals surface area contributed by atoms with E-state index < -0.39 is 0 Å². The molecule has 0 fully saturated rings. The van der Waals surface area contributed by atoms with Crippen molar-refractivity contribution >= 4 is 11.6 Å². The van der Waals surface area contributed by atoms with E-state index in [4.69, 9.17) is 11.6 Å². The Morgan fingerprint density at radius 2 is 1.83 bits per heavy atom. The number of nitrogens with zero attached hydrogens (tertiary/aromatic N) is 1. The zero-order chi connectivity index (χ0) is 13.3. The molecule has 0 radical (unpaired) electrons. The lowest BCUT2D eigenvalue weighted by molar-refractivity contribution is 0.627. The summed E-state index contributed by atoms with van der Waals surface area (Å²) in [5.74, 6) is -0.249. The molecule has 0 saturated carbocycles. The van der Waals surface area contributed by atoms with E-state index in [9.17, 15) is 9.18 Å². The van der Waals surface area contributed by atoms with Crippen molar-refractivity contribution in [3.05, 3.63) is 63.3 Å². The zero-order valence-corrected chi connectivity index (χ0v) is 10.9. The number of hydrogen-bond donors (Lipinski definition) is 0. The molecule has 0 aliphatic carbocycles. The predicted molar refractivity (Wildman–Crippen MR) is 71.1 cm³/mol. The number of pyridine rings is 1. The van der Waals surface area contributed by atoms with Gasteiger partial charge in [-0.2, -0.15) is 0 Å². The molecule has 0 amide bonds. The fraction of sp³-hybridized carbons (Fsp3) is 0.214. The molecule has 0 aliphatic rings. The van der Waals surface area contributed by atoms with Crippen LogP contribution in [0.4, 0.5) is 4.39 Å². The SMILES string of the molecule is CC(C)c1cc(Cl)cn(-c2ccc(F)cc2)c1=O. The summed E-state index contributed by atoms with van der Waals surface area (Å²) < 4.78 is 14.3. The van der Waals surface area contributed by atoms with Gasteiger partial charge in [0.15, 0.2) is 0 Å². The third-order valence-electron chi connectivity index (χ3n) is 2.74. The predicted octanol–water partition coefficient (Wildman–Crippen LogP) is 3.75. The van der Waals surface area contributed by atoms with Gasteiger partial charge in [-0.3, -0.25) is 9.36 Å². The lowest BCUT2D eigenvalue weighted by atomic mass is 10.1. The van der Waals surface area contributed by atoms with Crippen LogP contribution in [0.3, 0.4) is 0 Å². The molecule has 0 spiro atoms. The monoisotopic (exact) mass is 265 g/mol. The summed E-state index contributed by atoms with van der Waals surface area (Å²) in [4.78, 5) is 12.3. The summed E-state index contributed by atoms with van der Waals surface area (Å²) in [6.45, 7) is 3.87. The second-order valence-corrected chi connectivity index (χ2v) is 4.86. The Morgan fingerprint density at radius 1 is 1.22 bits per heavy atom. The normalized spacial score (nSPS) is 10.9. The average molecular weight is 266 g/mol. The van der Waals surface area contributed by atoms with Gasteiger partial charge in [0.25, 0.3) is 5.56 Å². The Bertz CT molecular complexity index is 617.